The van der Waals surface area contributed by atoms with Crippen LogP contribution in [0.1, 0.15) is 117 Å². The number of unbranched alkanes of at least 4 members (excludes halogenated alkanes) is 15. The standard InChI is InChI=1S/C27H58NO6P/c1-6-7-8-9-10-11-12-13-14-15-16-17-18-19-20-21-23-32-25-27(2,29)26-34-35(30,31)33-24-22-28(3,4)5/h29H,6-26H2,1-5H3/p+1. The number of hydrogen-bond donors (Lipinski definition) is 2. The molecular formula is C27H59NO6P+. The van der Waals surface area contributed by atoms with Gasteiger partial charge in [-0.1, -0.05) is 103 Å². The fraction of sp³-hybridized carbons (Fsp3) is 1.00. The van der Waals surface area contributed by atoms with Crippen LogP contribution >= 0.6 is 7.82 Å². The van der Waals surface area contributed by atoms with Gasteiger partial charge in [0.25, 0.3) is 0 Å². The molecular weight excluding hydrogens is 465 g/mol. The van der Waals surface area contributed by atoms with Crippen LogP contribution in [0.15, 0.2) is 0 Å². The monoisotopic (exact) mass is 524 g/mol. The first-order chi connectivity index (χ1) is 16.5. The number of ether oxygens (including phenoxy) is 1. The number of nitrogens with zero attached hydrogens (tertiary/aromatic N) is 1. The first kappa shape index (κ1) is 35.0. The van der Waals surface area contributed by atoms with Crippen LogP contribution in [0.3, 0.4) is 0 Å². The van der Waals surface area contributed by atoms with E-state index in [9.17, 15) is 14.6 Å². The maximum absolute atomic E-state index is 11.9. The molecule has 0 heterocycles. The Morgan fingerprint density at radius 3 is 1.54 bits per heavy atom. The van der Waals surface area contributed by atoms with Gasteiger partial charge in [0.05, 0.1) is 34.4 Å². The van der Waals surface area contributed by atoms with E-state index in [1.807, 2.05) is 21.1 Å². The van der Waals surface area contributed by atoms with E-state index in [0.29, 0.717) is 17.6 Å². The Hall–Kier alpha value is -0.0100. The van der Waals surface area contributed by atoms with Gasteiger partial charge in [0.15, 0.2) is 0 Å². The number of phosphoric ester groups is 1. The number of phosphoric acid groups is 1. The SMILES string of the molecule is CCCCCCCCCCCCCCCCCCOCC(C)(O)COP(=O)(O)OCC[N+](C)(C)C. The van der Waals surface area contributed by atoms with Crippen molar-refractivity contribution in [3.05, 3.63) is 0 Å². The zero-order valence-electron chi connectivity index (χ0n) is 23.8. The van der Waals surface area contributed by atoms with Gasteiger partial charge in [-0.3, -0.25) is 9.05 Å². The van der Waals surface area contributed by atoms with E-state index >= 15 is 0 Å². The Morgan fingerprint density at radius 1 is 0.686 bits per heavy atom. The van der Waals surface area contributed by atoms with Crippen LogP contribution in [-0.2, 0) is 18.3 Å². The summed E-state index contributed by atoms with van der Waals surface area (Å²) in [5.41, 5.74) is -1.34. The van der Waals surface area contributed by atoms with Crippen molar-refractivity contribution in [1.29, 1.82) is 0 Å². The number of likely N-dealkylation sites (N-methyl/N-ethyl adjacent to an activating group) is 1. The minimum absolute atomic E-state index is 0.0601. The topological polar surface area (TPSA) is 85.2 Å². The number of rotatable bonds is 26. The average molecular weight is 525 g/mol. The van der Waals surface area contributed by atoms with Gasteiger partial charge in [-0.2, -0.15) is 0 Å². The Labute approximate surface area is 217 Å². The highest BCUT2D eigenvalue weighted by Crippen LogP contribution is 2.43. The normalized spacial score (nSPS) is 15.7. The van der Waals surface area contributed by atoms with Crippen LogP contribution in [0.2, 0.25) is 0 Å². The summed E-state index contributed by atoms with van der Waals surface area (Å²) in [7, 11) is 1.72. The van der Waals surface area contributed by atoms with Crippen LogP contribution in [-0.4, -0.2) is 74.2 Å². The quantitative estimate of drug-likeness (QED) is 0.0731. The summed E-state index contributed by atoms with van der Waals surface area (Å²) in [6.07, 6.45) is 21.3. The van der Waals surface area contributed by atoms with Crippen LogP contribution < -0.4 is 0 Å². The van der Waals surface area contributed by atoms with Crippen molar-refractivity contribution < 1.29 is 32.8 Å². The molecule has 0 spiro atoms. The lowest BCUT2D eigenvalue weighted by Crippen LogP contribution is -2.38. The number of hydrogen-bond acceptors (Lipinski definition) is 5. The Bertz CT molecular complexity index is 524. The Kier molecular flexibility index (Phi) is 21.0. The molecule has 0 fully saturated rings. The molecule has 2 atom stereocenters. The van der Waals surface area contributed by atoms with E-state index in [1.54, 1.807) is 0 Å². The van der Waals surface area contributed by atoms with E-state index < -0.39 is 13.4 Å². The molecule has 212 valence electrons. The zero-order valence-corrected chi connectivity index (χ0v) is 24.7. The first-order valence-corrected chi connectivity index (χ1v) is 15.7. The molecule has 0 saturated heterocycles. The Morgan fingerprint density at radius 2 is 1.11 bits per heavy atom. The van der Waals surface area contributed by atoms with Crippen molar-refractivity contribution in [3.8, 4) is 0 Å². The molecule has 0 radical (unpaired) electrons. The third-order valence-electron chi connectivity index (χ3n) is 6.11. The third-order valence-corrected chi connectivity index (χ3v) is 7.07. The highest BCUT2D eigenvalue weighted by atomic mass is 31.2. The molecule has 0 rings (SSSR count). The largest absolute Gasteiger partial charge is 0.472 e. The van der Waals surface area contributed by atoms with Crippen LogP contribution in [0, 0.1) is 0 Å². The fourth-order valence-electron chi connectivity index (χ4n) is 3.77. The van der Waals surface area contributed by atoms with Crippen LogP contribution in [0.5, 0.6) is 0 Å². The van der Waals surface area contributed by atoms with E-state index in [-0.39, 0.29) is 19.8 Å². The molecule has 0 saturated carbocycles. The molecule has 0 aromatic heterocycles. The third kappa shape index (κ3) is 26.9. The van der Waals surface area contributed by atoms with E-state index in [4.69, 9.17) is 13.8 Å². The van der Waals surface area contributed by atoms with Crippen LogP contribution in [0.25, 0.3) is 0 Å². The fourth-order valence-corrected chi connectivity index (χ4v) is 4.60. The first-order valence-electron chi connectivity index (χ1n) is 14.2. The summed E-state index contributed by atoms with van der Waals surface area (Å²) in [5.74, 6) is 0. The zero-order chi connectivity index (χ0) is 26.5. The summed E-state index contributed by atoms with van der Waals surface area (Å²) in [6.45, 7) is 4.81. The molecule has 35 heavy (non-hydrogen) atoms. The van der Waals surface area contributed by atoms with Crippen molar-refractivity contribution in [1.82, 2.24) is 0 Å². The molecule has 7 nitrogen and oxygen atoms in total. The molecule has 8 heteroatoms. The molecule has 0 aromatic carbocycles. The van der Waals surface area contributed by atoms with Crippen LogP contribution in [0.4, 0.5) is 0 Å². The van der Waals surface area contributed by atoms with Crippen molar-refractivity contribution in [2.45, 2.75) is 122 Å². The van der Waals surface area contributed by atoms with E-state index in [2.05, 4.69) is 6.92 Å². The lowest BCUT2D eigenvalue weighted by molar-refractivity contribution is -0.870. The van der Waals surface area contributed by atoms with E-state index in [1.165, 1.54) is 96.8 Å². The second kappa shape index (κ2) is 21.0. The minimum Gasteiger partial charge on any atom is -0.385 e. The second-order valence-electron chi connectivity index (χ2n) is 11.4. The molecule has 0 aliphatic heterocycles. The summed E-state index contributed by atoms with van der Waals surface area (Å²) in [4.78, 5) is 9.75. The number of quaternary nitrogens is 1. The highest BCUT2D eigenvalue weighted by molar-refractivity contribution is 7.47. The average Bonchev–Trinajstić information content (AvgIpc) is 2.76. The molecule has 0 amide bonds. The van der Waals surface area contributed by atoms with Crippen molar-refractivity contribution in [2.75, 3.05) is 54.1 Å². The summed E-state index contributed by atoms with van der Waals surface area (Å²) in [6, 6.07) is 0. The van der Waals surface area contributed by atoms with Gasteiger partial charge in [-0.25, -0.2) is 4.57 Å². The molecule has 0 bridgehead atoms. The smallest absolute Gasteiger partial charge is 0.385 e. The highest BCUT2D eigenvalue weighted by Gasteiger charge is 2.29. The van der Waals surface area contributed by atoms with Gasteiger partial charge in [-0.15, -0.1) is 0 Å². The van der Waals surface area contributed by atoms with Crippen molar-refractivity contribution in [3.63, 3.8) is 0 Å². The predicted octanol–water partition coefficient (Wildman–Crippen LogP) is 6.86. The molecule has 2 N–H and O–H groups in total. The summed E-state index contributed by atoms with van der Waals surface area (Å²) in [5, 5.41) is 10.3. The summed E-state index contributed by atoms with van der Waals surface area (Å²) < 4.78 is 28.0. The lowest BCUT2D eigenvalue weighted by Gasteiger charge is -2.26. The van der Waals surface area contributed by atoms with Gasteiger partial charge in [0.1, 0.15) is 18.8 Å². The molecule has 0 aromatic rings. The second-order valence-corrected chi connectivity index (χ2v) is 12.9. The van der Waals surface area contributed by atoms with Gasteiger partial charge >= 0.3 is 7.82 Å². The van der Waals surface area contributed by atoms with Gasteiger partial charge < -0.3 is 19.2 Å². The predicted molar refractivity (Wildman–Crippen MR) is 146 cm³/mol. The summed E-state index contributed by atoms with van der Waals surface area (Å²) >= 11 is 0. The van der Waals surface area contributed by atoms with Crippen molar-refractivity contribution in [2.24, 2.45) is 0 Å². The molecule has 0 aliphatic rings. The minimum atomic E-state index is -4.18. The Balaban J connectivity index is 3.51. The maximum Gasteiger partial charge on any atom is 0.472 e. The maximum atomic E-state index is 11.9. The number of aliphatic hydroxyl groups is 1. The van der Waals surface area contributed by atoms with Gasteiger partial charge in [0, 0.05) is 6.61 Å². The van der Waals surface area contributed by atoms with Gasteiger partial charge in [-0.05, 0) is 13.3 Å². The van der Waals surface area contributed by atoms with Gasteiger partial charge in [0.2, 0.25) is 0 Å². The van der Waals surface area contributed by atoms with Crippen molar-refractivity contribution >= 4 is 7.82 Å². The van der Waals surface area contributed by atoms with E-state index in [0.717, 1.165) is 12.8 Å². The molecule has 2 unspecified atom stereocenters. The molecule has 0 aliphatic carbocycles. The lowest BCUT2D eigenvalue weighted by atomic mass is 10.0.